The quantitative estimate of drug-likeness (QED) is 0.726. The molecule has 2 N–H and O–H groups in total. The van der Waals surface area contributed by atoms with Crippen molar-refractivity contribution in [2.45, 2.75) is 17.7 Å². The van der Waals surface area contributed by atoms with Crippen molar-refractivity contribution in [1.82, 2.24) is 19.8 Å². The molecule has 1 aromatic rings. The number of sulfonamides is 1. The molecule has 0 unspecified atom stereocenters. The number of likely N-dealkylation sites (tertiary alicyclic amines) is 1. The van der Waals surface area contributed by atoms with E-state index < -0.39 is 15.4 Å². The predicted molar refractivity (Wildman–Crippen MR) is 102 cm³/mol. The lowest BCUT2D eigenvalue weighted by atomic mass is 9.79. The third-order valence-electron chi connectivity index (χ3n) is 5.44. The fraction of sp³-hybridized carbons (Fsp3) is 0.556. The molecular formula is C18H26N4O5S. The molecule has 2 aliphatic heterocycles. The maximum absolute atomic E-state index is 13.3. The van der Waals surface area contributed by atoms with Crippen LogP contribution in [-0.4, -0.2) is 76.4 Å². The first-order valence-corrected chi connectivity index (χ1v) is 10.6. The van der Waals surface area contributed by atoms with E-state index in [2.05, 4.69) is 10.6 Å². The van der Waals surface area contributed by atoms with Crippen LogP contribution in [0.4, 0.5) is 4.79 Å². The number of rotatable bonds is 2. The normalized spacial score (nSPS) is 21.0. The minimum Gasteiger partial charge on any atom is -0.492 e. The van der Waals surface area contributed by atoms with E-state index in [0.717, 1.165) is 0 Å². The Bertz CT molecular complexity index is 849. The molecule has 1 fully saturated rings. The van der Waals surface area contributed by atoms with Crippen molar-refractivity contribution >= 4 is 22.0 Å². The summed E-state index contributed by atoms with van der Waals surface area (Å²) in [5.41, 5.74) is -0.473. The van der Waals surface area contributed by atoms with E-state index >= 15 is 0 Å². The third kappa shape index (κ3) is 3.93. The van der Waals surface area contributed by atoms with Crippen LogP contribution < -0.4 is 15.4 Å². The average Bonchev–Trinajstić information content (AvgIpc) is 2.71. The third-order valence-corrected chi connectivity index (χ3v) is 7.27. The van der Waals surface area contributed by atoms with Crippen LogP contribution in [0, 0.1) is 5.41 Å². The highest BCUT2D eigenvalue weighted by Crippen LogP contribution is 2.39. The molecule has 0 atom stereocenters. The zero-order valence-electron chi connectivity index (χ0n) is 16.1. The Morgan fingerprint density at radius 3 is 2.46 bits per heavy atom. The van der Waals surface area contributed by atoms with Gasteiger partial charge in [0.1, 0.15) is 10.6 Å². The van der Waals surface area contributed by atoms with Crippen LogP contribution in [0.5, 0.6) is 5.75 Å². The Hall–Kier alpha value is -2.33. The van der Waals surface area contributed by atoms with E-state index in [9.17, 15) is 18.0 Å². The van der Waals surface area contributed by atoms with Gasteiger partial charge in [0.25, 0.3) is 0 Å². The van der Waals surface area contributed by atoms with Crippen molar-refractivity contribution < 1.29 is 22.7 Å². The lowest BCUT2D eigenvalue weighted by Gasteiger charge is -2.44. The number of carbonyl (C=O) groups is 2. The fourth-order valence-corrected chi connectivity index (χ4v) is 5.32. The Morgan fingerprint density at radius 1 is 1.14 bits per heavy atom. The number of nitrogens with zero attached hydrogens (tertiary/aromatic N) is 2. The number of amides is 3. The maximum Gasteiger partial charge on any atom is 0.317 e. The fourth-order valence-electron chi connectivity index (χ4n) is 3.68. The lowest BCUT2D eigenvalue weighted by Crippen LogP contribution is -2.54. The predicted octanol–water partition coefficient (Wildman–Crippen LogP) is 0.237. The summed E-state index contributed by atoms with van der Waals surface area (Å²) in [6.07, 6.45) is 1.17. The van der Waals surface area contributed by atoms with Crippen molar-refractivity contribution in [3.8, 4) is 5.75 Å². The summed E-state index contributed by atoms with van der Waals surface area (Å²) in [6.45, 7) is 1.23. The Morgan fingerprint density at radius 2 is 1.82 bits per heavy atom. The first kappa shape index (κ1) is 20.4. The minimum atomic E-state index is -3.90. The summed E-state index contributed by atoms with van der Waals surface area (Å²) >= 11 is 0. The van der Waals surface area contributed by atoms with Crippen LogP contribution in [0.25, 0.3) is 0 Å². The van der Waals surface area contributed by atoms with Gasteiger partial charge in [0.2, 0.25) is 15.9 Å². The van der Waals surface area contributed by atoms with Gasteiger partial charge >= 0.3 is 6.03 Å². The van der Waals surface area contributed by atoms with Crippen LogP contribution in [0.15, 0.2) is 29.2 Å². The van der Waals surface area contributed by atoms with Gasteiger partial charge in [0, 0.05) is 39.1 Å². The summed E-state index contributed by atoms with van der Waals surface area (Å²) < 4.78 is 33.7. The number of urea groups is 1. The average molecular weight is 410 g/mol. The number of hydrogen-bond acceptors (Lipinski definition) is 5. The van der Waals surface area contributed by atoms with Crippen molar-refractivity contribution in [3.05, 3.63) is 24.3 Å². The van der Waals surface area contributed by atoms with Gasteiger partial charge in [-0.15, -0.1) is 0 Å². The highest BCUT2D eigenvalue weighted by atomic mass is 32.2. The van der Waals surface area contributed by atoms with E-state index in [0.29, 0.717) is 32.5 Å². The monoisotopic (exact) mass is 410 g/mol. The van der Waals surface area contributed by atoms with Gasteiger partial charge in [-0.3, -0.25) is 4.79 Å². The smallest absolute Gasteiger partial charge is 0.317 e. The van der Waals surface area contributed by atoms with Gasteiger partial charge in [0.15, 0.2) is 0 Å². The van der Waals surface area contributed by atoms with Crippen molar-refractivity contribution in [3.63, 3.8) is 0 Å². The van der Waals surface area contributed by atoms with Crippen LogP contribution in [-0.2, 0) is 14.8 Å². The molecule has 9 nitrogen and oxygen atoms in total. The number of fused-ring (bicyclic) bond motifs is 1. The molecule has 0 radical (unpaired) electrons. The second kappa shape index (κ2) is 7.96. The van der Waals surface area contributed by atoms with Crippen LogP contribution >= 0.6 is 0 Å². The molecule has 0 aromatic heterocycles. The number of para-hydroxylation sites is 1. The second-order valence-electron chi connectivity index (χ2n) is 7.22. The standard InChI is InChI=1S/C18H26N4O5S/c1-19-16(23)11-22-12-18(7-9-21(10-8-18)17(24)20-2)13-27-14-5-3-4-6-15(14)28(22,25)26/h3-6H,7-13H2,1-2H3,(H,19,23)(H,20,24). The van der Waals surface area contributed by atoms with E-state index in [4.69, 9.17) is 4.74 Å². The summed E-state index contributed by atoms with van der Waals surface area (Å²) in [5.74, 6) is -0.0855. The van der Waals surface area contributed by atoms with Gasteiger partial charge < -0.3 is 20.3 Å². The number of carbonyl (C=O) groups excluding carboxylic acids is 2. The number of ether oxygens (including phenoxy) is 1. The largest absolute Gasteiger partial charge is 0.492 e. The van der Waals surface area contributed by atoms with Crippen molar-refractivity contribution in [2.24, 2.45) is 5.41 Å². The van der Waals surface area contributed by atoms with Crippen molar-refractivity contribution in [1.29, 1.82) is 0 Å². The molecule has 3 rings (SSSR count). The van der Waals surface area contributed by atoms with Gasteiger partial charge in [-0.05, 0) is 25.0 Å². The minimum absolute atomic E-state index is 0.0662. The number of nitrogens with one attached hydrogen (secondary N) is 2. The lowest BCUT2D eigenvalue weighted by molar-refractivity contribution is -0.121. The first-order chi connectivity index (χ1) is 13.3. The highest BCUT2D eigenvalue weighted by Gasteiger charge is 2.43. The summed E-state index contributed by atoms with van der Waals surface area (Å²) in [4.78, 5) is 25.7. The van der Waals surface area contributed by atoms with E-state index in [1.165, 1.54) is 17.4 Å². The Balaban J connectivity index is 1.94. The summed E-state index contributed by atoms with van der Waals surface area (Å²) in [7, 11) is -0.840. The molecule has 28 heavy (non-hydrogen) atoms. The van der Waals surface area contributed by atoms with E-state index in [-0.39, 0.29) is 35.7 Å². The second-order valence-corrected chi connectivity index (χ2v) is 9.13. The molecule has 154 valence electrons. The zero-order chi connectivity index (χ0) is 20.4. The Kier molecular flexibility index (Phi) is 5.80. The number of piperidine rings is 1. The molecule has 0 saturated carbocycles. The summed E-state index contributed by atoms with van der Waals surface area (Å²) in [5, 5.41) is 5.11. The maximum atomic E-state index is 13.3. The molecule has 2 aliphatic rings. The van der Waals surface area contributed by atoms with Gasteiger partial charge in [-0.25, -0.2) is 13.2 Å². The van der Waals surface area contributed by atoms with Crippen LogP contribution in [0.2, 0.25) is 0 Å². The van der Waals surface area contributed by atoms with E-state index in [1.807, 2.05) is 0 Å². The van der Waals surface area contributed by atoms with Crippen LogP contribution in [0.1, 0.15) is 12.8 Å². The molecule has 0 bridgehead atoms. The van der Waals surface area contributed by atoms with Gasteiger partial charge in [0.05, 0.1) is 13.2 Å². The molecule has 2 heterocycles. The molecule has 1 spiro atoms. The highest BCUT2D eigenvalue weighted by molar-refractivity contribution is 7.89. The van der Waals surface area contributed by atoms with E-state index in [1.54, 1.807) is 30.1 Å². The topological polar surface area (TPSA) is 108 Å². The first-order valence-electron chi connectivity index (χ1n) is 9.20. The van der Waals surface area contributed by atoms with Crippen molar-refractivity contribution in [2.75, 3.05) is 46.9 Å². The number of benzene rings is 1. The molecule has 1 aromatic carbocycles. The molecular weight excluding hydrogens is 384 g/mol. The zero-order valence-corrected chi connectivity index (χ0v) is 16.9. The van der Waals surface area contributed by atoms with Gasteiger partial charge in [-0.2, -0.15) is 4.31 Å². The number of likely N-dealkylation sites (N-methyl/N-ethyl adjacent to an activating group) is 1. The summed E-state index contributed by atoms with van der Waals surface area (Å²) in [6, 6.07) is 6.33. The molecule has 3 amide bonds. The van der Waals surface area contributed by atoms with Gasteiger partial charge in [-0.1, -0.05) is 12.1 Å². The number of hydrogen-bond donors (Lipinski definition) is 2. The SMILES string of the molecule is CNC(=O)CN1CC2(CCN(C(=O)NC)CC2)COc2ccccc2S1(=O)=O. The molecule has 10 heteroatoms. The van der Waals surface area contributed by atoms with Crippen LogP contribution in [0.3, 0.4) is 0 Å². The molecule has 0 aliphatic carbocycles. The molecule has 1 saturated heterocycles. The Labute approximate surface area is 165 Å².